The molecule has 0 atom stereocenters. The summed E-state index contributed by atoms with van der Waals surface area (Å²) in [5, 5.41) is 0. The van der Waals surface area contributed by atoms with Gasteiger partial charge in [-0.25, -0.2) is 9.97 Å². The molecule has 0 aromatic carbocycles. The molecule has 0 amide bonds. The molecule has 0 unspecified atom stereocenters. The van der Waals surface area contributed by atoms with Crippen molar-refractivity contribution < 1.29 is 0 Å². The lowest BCUT2D eigenvalue weighted by Gasteiger charge is -1.98. The lowest BCUT2D eigenvalue weighted by molar-refractivity contribution is 1.04. The van der Waals surface area contributed by atoms with Gasteiger partial charge in [-0.15, -0.1) is 0 Å². The number of aryl methyl sites for hydroxylation is 2. The zero-order chi connectivity index (χ0) is 7.84. The van der Waals surface area contributed by atoms with Gasteiger partial charge < -0.3 is 0 Å². The molecule has 0 N–H and O–H groups in total. The van der Waals surface area contributed by atoms with Crippen LogP contribution in [0.25, 0.3) is 5.78 Å². The molecule has 2 aromatic rings. The number of nitrogens with zero attached hydrogens (tertiary/aromatic N) is 3. The van der Waals surface area contributed by atoms with Crippen molar-refractivity contribution in [1.29, 1.82) is 0 Å². The first-order valence-electron chi connectivity index (χ1n) is 3.54. The molecular weight excluding hydrogens is 138 g/mol. The maximum atomic E-state index is 4.29. The molecule has 3 heteroatoms. The van der Waals surface area contributed by atoms with Crippen LogP contribution in [0.1, 0.15) is 11.3 Å². The minimum atomic E-state index is 0.771. The highest BCUT2D eigenvalue weighted by Gasteiger charge is 1.97. The predicted octanol–water partition coefficient (Wildman–Crippen LogP) is 1.35. The van der Waals surface area contributed by atoms with E-state index in [9.17, 15) is 0 Å². The van der Waals surface area contributed by atoms with E-state index >= 15 is 0 Å². The molecule has 0 aliphatic rings. The van der Waals surface area contributed by atoms with E-state index in [4.69, 9.17) is 0 Å². The van der Waals surface area contributed by atoms with E-state index in [-0.39, 0.29) is 0 Å². The van der Waals surface area contributed by atoms with Crippen molar-refractivity contribution in [3.05, 3.63) is 29.8 Å². The van der Waals surface area contributed by atoms with Gasteiger partial charge in [0.25, 0.3) is 0 Å². The SMILES string of the molecule is Cc1cn2ccnc2nc1C. The van der Waals surface area contributed by atoms with Crippen LogP contribution in [-0.4, -0.2) is 14.4 Å². The van der Waals surface area contributed by atoms with Crippen LogP contribution in [0.3, 0.4) is 0 Å². The highest BCUT2D eigenvalue weighted by molar-refractivity contribution is 5.31. The van der Waals surface area contributed by atoms with Crippen molar-refractivity contribution in [2.45, 2.75) is 13.8 Å². The van der Waals surface area contributed by atoms with Crippen molar-refractivity contribution in [3.8, 4) is 0 Å². The maximum absolute atomic E-state index is 4.29. The Morgan fingerprint density at radius 2 is 2.18 bits per heavy atom. The molecule has 2 rings (SSSR count). The number of imidazole rings is 1. The molecule has 0 saturated carbocycles. The summed E-state index contributed by atoms with van der Waals surface area (Å²) < 4.78 is 1.92. The second kappa shape index (κ2) is 2.05. The fraction of sp³-hybridized carbons (Fsp3) is 0.250. The number of hydrogen-bond acceptors (Lipinski definition) is 2. The van der Waals surface area contributed by atoms with Gasteiger partial charge in [-0.05, 0) is 19.4 Å². The molecule has 0 fully saturated rings. The van der Waals surface area contributed by atoms with Crippen LogP contribution >= 0.6 is 0 Å². The van der Waals surface area contributed by atoms with Gasteiger partial charge >= 0.3 is 0 Å². The molecular formula is C8H9N3. The van der Waals surface area contributed by atoms with E-state index in [1.807, 2.05) is 30.6 Å². The molecule has 0 saturated heterocycles. The Morgan fingerprint density at radius 3 is 3.00 bits per heavy atom. The average molecular weight is 147 g/mol. The molecule has 3 nitrogen and oxygen atoms in total. The van der Waals surface area contributed by atoms with Gasteiger partial charge in [0.2, 0.25) is 5.78 Å². The van der Waals surface area contributed by atoms with E-state index in [1.165, 1.54) is 5.56 Å². The fourth-order valence-corrected chi connectivity index (χ4v) is 1.03. The summed E-state index contributed by atoms with van der Waals surface area (Å²) in [7, 11) is 0. The summed E-state index contributed by atoms with van der Waals surface area (Å²) in [4.78, 5) is 8.36. The van der Waals surface area contributed by atoms with Gasteiger partial charge in [0.05, 0.1) is 0 Å². The number of aromatic nitrogens is 3. The van der Waals surface area contributed by atoms with Crippen LogP contribution in [0.2, 0.25) is 0 Å². The molecule has 56 valence electrons. The average Bonchev–Trinajstić information content (AvgIpc) is 2.36. The van der Waals surface area contributed by atoms with Gasteiger partial charge in [0, 0.05) is 24.3 Å². The van der Waals surface area contributed by atoms with Gasteiger partial charge in [-0.2, -0.15) is 0 Å². The maximum Gasteiger partial charge on any atom is 0.233 e. The van der Waals surface area contributed by atoms with Crippen LogP contribution in [0.15, 0.2) is 18.6 Å². The monoisotopic (exact) mass is 147 g/mol. The number of rotatable bonds is 0. The van der Waals surface area contributed by atoms with Crippen molar-refractivity contribution in [2.24, 2.45) is 0 Å². The van der Waals surface area contributed by atoms with Crippen molar-refractivity contribution in [1.82, 2.24) is 14.4 Å². The van der Waals surface area contributed by atoms with E-state index < -0.39 is 0 Å². The predicted molar refractivity (Wildman–Crippen MR) is 42.5 cm³/mol. The third-order valence-electron chi connectivity index (χ3n) is 1.82. The van der Waals surface area contributed by atoms with Gasteiger partial charge in [-0.1, -0.05) is 0 Å². The molecule has 0 radical (unpaired) electrons. The number of fused-ring (bicyclic) bond motifs is 1. The van der Waals surface area contributed by atoms with Crippen LogP contribution in [-0.2, 0) is 0 Å². The smallest absolute Gasteiger partial charge is 0.233 e. The highest BCUT2D eigenvalue weighted by atomic mass is 15.1. The molecule has 2 heterocycles. The second-order valence-corrected chi connectivity index (χ2v) is 2.64. The minimum Gasteiger partial charge on any atom is -0.291 e. The summed E-state index contributed by atoms with van der Waals surface area (Å²) in [6, 6.07) is 0. The standard InChI is InChI=1S/C8H9N3/c1-6-5-11-4-3-9-8(11)10-7(6)2/h3-5H,1-2H3. The Balaban J connectivity index is 2.86. The third-order valence-corrected chi connectivity index (χ3v) is 1.82. The molecule has 0 aliphatic carbocycles. The Hall–Kier alpha value is -1.38. The van der Waals surface area contributed by atoms with Crippen LogP contribution in [0, 0.1) is 13.8 Å². The molecule has 2 aromatic heterocycles. The lowest BCUT2D eigenvalue weighted by atomic mass is 10.3. The first-order chi connectivity index (χ1) is 5.27. The van der Waals surface area contributed by atoms with Crippen LogP contribution < -0.4 is 0 Å². The summed E-state index contributed by atoms with van der Waals surface area (Å²) in [6.07, 6.45) is 5.68. The largest absolute Gasteiger partial charge is 0.291 e. The zero-order valence-electron chi connectivity index (χ0n) is 6.57. The summed E-state index contributed by atoms with van der Waals surface area (Å²) in [6.45, 7) is 4.03. The highest BCUT2D eigenvalue weighted by Crippen LogP contribution is 2.04. The van der Waals surface area contributed by atoms with Gasteiger partial charge in [0.15, 0.2) is 0 Å². The first-order valence-corrected chi connectivity index (χ1v) is 3.54. The van der Waals surface area contributed by atoms with E-state index in [0.717, 1.165) is 11.5 Å². The molecule has 0 bridgehead atoms. The minimum absolute atomic E-state index is 0.771. The summed E-state index contributed by atoms with van der Waals surface area (Å²) in [5.74, 6) is 0.771. The van der Waals surface area contributed by atoms with Crippen molar-refractivity contribution >= 4 is 5.78 Å². The third kappa shape index (κ3) is 0.888. The summed E-state index contributed by atoms with van der Waals surface area (Å²) in [5.41, 5.74) is 2.24. The summed E-state index contributed by atoms with van der Waals surface area (Å²) >= 11 is 0. The first kappa shape index (κ1) is 6.34. The normalized spacial score (nSPS) is 10.7. The van der Waals surface area contributed by atoms with Crippen molar-refractivity contribution in [2.75, 3.05) is 0 Å². The Labute approximate surface area is 64.7 Å². The zero-order valence-corrected chi connectivity index (χ0v) is 6.57. The van der Waals surface area contributed by atoms with E-state index in [1.54, 1.807) is 6.20 Å². The van der Waals surface area contributed by atoms with E-state index in [0.29, 0.717) is 0 Å². The lowest BCUT2D eigenvalue weighted by Crippen LogP contribution is -1.93. The van der Waals surface area contributed by atoms with E-state index in [2.05, 4.69) is 9.97 Å². The van der Waals surface area contributed by atoms with Crippen molar-refractivity contribution in [3.63, 3.8) is 0 Å². The quantitative estimate of drug-likeness (QED) is 0.563. The van der Waals surface area contributed by atoms with Gasteiger partial charge in [-0.3, -0.25) is 4.40 Å². The number of hydrogen-bond donors (Lipinski definition) is 0. The Bertz CT molecular complexity index is 353. The Kier molecular flexibility index (Phi) is 1.18. The topological polar surface area (TPSA) is 30.2 Å². The second-order valence-electron chi connectivity index (χ2n) is 2.64. The van der Waals surface area contributed by atoms with Gasteiger partial charge in [0.1, 0.15) is 0 Å². The molecule has 11 heavy (non-hydrogen) atoms. The molecule has 0 aliphatic heterocycles. The van der Waals surface area contributed by atoms with Crippen LogP contribution in [0.5, 0.6) is 0 Å². The van der Waals surface area contributed by atoms with Crippen LogP contribution in [0.4, 0.5) is 0 Å². The Morgan fingerprint density at radius 1 is 1.36 bits per heavy atom. The molecule has 0 spiro atoms. The fourth-order valence-electron chi connectivity index (χ4n) is 1.03.